The quantitative estimate of drug-likeness (QED) is 0.738. The third-order valence-corrected chi connectivity index (χ3v) is 5.17. The van der Waals surface area contributed by atoms with Crippen molar-refractivity contribution in [3.05, 3.63) is 57.5 Å². The van der Waals surface area contributed by atoms with Gasteiger partial charge in [-0.1, -0.05) is 37.3 Å². The van der Waals surface area contributed by atoms with Crippen molar-refractivity contribution < 1.29 is 9.53 Å². The van der Waals surface area contributed by atoms with Crippen molar-refractivity contribution in [3.63, 3.8) is 0 Å². The van der Waals surface area contributed by atoms with E-state index in [-0.39, 0.29) is 11.5 Å². The van der Waals surface area contributed by atoms with E-state index in [1.165, 1.54) is 0 Å². The molecule has 156 valence electrons. The highest BCUT2D eigenvalue weighted by atomic mass is 16.5. The number of aryl methyl sites for hydroxylation is 1. The van der Waals surface area contributed by atoms with Gasteiger partial charge in [-0.15, -0.1) is 0 Å². The third kappa shape index (κ3) is 5.67. The standard InChI is InChI=1S/C22H30N4O3/c1-3-11-26(16-18-7-5-4-6-8-18)20(27)10-9-19-17(2)23-22(24-21(19)28)25-12-14-29-15-13-25/h4-8H,3,9-16H2,1-2H3,(H,23,24,28). The van der Waals surface area contributed by atoms with Gasteiger partial charge in [0.05, 0.1) is 13.2 Å². The Labute approximate surface area is 171 Å². The SMILES string of the molecule is CCCN(Cc1ccccc1)C(=O)CCc1c(C)nc(N2CCOCC2)[nH]c1=O. The van der Waals surface area contributed by atoms with Gasteiger partial charge in [-0.2, -0.15) is 0 Å². The fourth-order valence-corrected chi connectivity index (χ4v) is 3.57. The molecule has 1 saturated heterocycles. The first-order valence-electron chi connectivity index (χ1n) is 10.3. The van der Waals surface area contributed by atoms with Crippen molar-refractivity contribution in [3.8, 4) is 0 Å². The average molecular weight is 399 g/mol. The molecule has 0 aliphatic carbocycles. The van der Waals surface area contributed by atoms with Crippen LogP contribution >= 0.6 is 0 Å². The molecule has 1 amide bonds. The minimum atomic E-state index is -0.156. The molecule has 1 aromatic heterocycles. The molecule has 0 atom stereocenters. The highest BCUT2D eigenvalue weighted by Crippen LogP contribution is 2.13. The number of aromatic amines is 1. The molecule has 0 radical (unpaired) electrons. The molecular weight excluding hydrogens is 368 g/mol. The van der Waals surface area contributed by atoms with Gasteiger partial charge in [0.2, 0.25) is 11.9 Å². The van der Waals surface area contributed by atoms with Gasteiger partial charge in [0, 0.05) is 43.9 Å². The maximum Gasteiger partial charge on any atom is 0.255 e. The maximum atomic E-state index is 12.8. The zero-order valence-electron chi connectivity index (χ0n) is 17.3. The predicted octanol–water partition coefficient (Wildman–Crippen LogP) is 2.29. The first kappa shape index (κ1) is 21.0. The molecule has 7 nitrogen and oxygen atoms in total. The van der Waals surface area contributed by atoms with Gasteiger partial charge in [-0.05, 0) is 25.3 Å². The zero-order chi connectivity index (χ0) is 20.6. The van der Waals surface area contributed by atoms with Gasteiger partial charge in [0.1, 0.15) is 0 Å². The number of rotatable bonds is 8. The van der Waals surface area contributed by atoms with Crippen molar-refractivity contribution in [2.24, 2.45) is 0 Å². The van der Waals surface area contributed by atoms with E-state index < -0.39 is 0 Å². The Kier molecular flexibility index (Phi) is 7.41. The fraction of sp³-hybridized carbons (Fsp3) is 0.500. The number of hydrogen-bond donors (Lipinski definition) is 1. The van der Waals surface area contributed by atoms with Crippen molar-refractivity contribution >= 4 is 11.9 Å². The molecule has 29 heavy (non-hydrogen) atoms. The molecule has 0 bridgehead atoms. The summed E-state index contributed by atoms with van der Waals surface area (Å²) in [6, 6.07) is 9.99. The lowest BCUT2D eigenvalue weighted by atomic mass is 10.1. The molecule has 0 spiro atoms. The number of carbonyl (C=O) groups is 1. The van der Waals surface area contributed by atoms with Crippen molar-refractivity contribution in [1.29, 1.82) is 0 Å². The summed E-state index contributed by atoms with van der Waals surface area (Å²) in [7, 11) is 0. The molecule has 3 rings (SSSR count). The predicted molar refractivity (Wildman–Crippen MR) is 113 cm³/mol. The highest BCUT2D eigenvalue weighted by Gasteiger charge is 2.18. The number of amides is 1. The van der Waals surface area contributed by atoms with Crippen LogP contribution in [0, 0.1) is 6.92 Å². The summed E-state index contributed by atoms with van der Waals surface area (Å²) in [5.41, 5.74) is 2.23. The molecule has 1 fully saturated rings. The minimum Gasteiger partial charge on any atom is -0.378 e. The monoisotopic (exact) mass is 398 g/mol. The summed E-state index contributed by atoms with van der Waals surface area (Å²) in [5, 5.41) is 0. The van der Waals surface area contributed by atoms with Crippen molar-refractivity contribution in [2.45, 2.75) is 39.7 Å². The molecule has 0 unspecified atom stereocenters. The van der Waals surface area contributed by atoms with Crippen LogP contribution in [0.5, 0.6) is 0 Å². The number of nitrogens with one attached hydrogen (secondary N) is 1. The van der Waals surface area contributed by atoms with Crippen molar-refractivity contribution in [1.82, 2.24) is 14.9 Å². The van der Waals surface area contributed by atoms with Crippen LogP contribution in [0.25, 0.3) is 0 Å². The number of anilines is 1. The van der Waals surface area contributed by atoms with E-state index in [0.717, 1.165) is 12.0 Å². The maximum absolute atomic E-state index is 12.8. The Bertz CT molecular complexity index is 860. The van der Waals surface area contributed by atoms with Gasteiger partial charge >= 0.3 is 0 Å². The number of carbonyl (C=O) groups excluding carboxylic acids is 1. The molecule has 2 aromatic rings. The van der Waals surface area contributed by atoms with E-state index in [4.69, 9.17) is 4.74 Å². The topological polar surface area (TPSA) is 78.5 Å². The first-order valence-corrected chi connectivity index (χ1v) is 10.3. The van der Waals surface area contributed by atoms with Gasteiger partial charge in [0.25, 0.3) is 5.56 Å². The smallest absolute Gasteiger partial charge is 0.255 e. The van der Waals surface area contributed by atoms with Gasteiger partial charge in [-0.3, -0.25) is 14.6 Å². The third-order valence-electron chi connectivity index (χ3n) is 5.17. The van der Waals surface area contributed by atoms with Gasteiger partial charge in [-0.25, -0.2) is 4.98 Å². The molecule has 1 N–H and O–H groups in total. The number of nitrogens with zero attached hydrogens (tertiary/aromatic N) is 3. The minimum absolute atomic E-state index is 0.0618. The van der Waals surface area contributed by atoms with Crippen LogP contribution in [-0.4, -0.2) is 53.6 Å². The Balaban J connectivity index is 1.65. The Morgan fingerprint density at radius 2 is 1.97 bits per heavy atom. The Morgan fingerprint density at radius 1 is 1.24 bits per heavy atom. The highest BCUT2D eigenvalue weighted by molar-refractivity contribution is 5.76. The molecular formula is C22H30N4O3. The molecule has 1 aromatic carbocycles. The summed E-state index contributed by atoms with van der Waals surface area (Å²) in [6.45, 7) is 7.90. The number of morpholine rings is 1. The zero-order valence-corrected chi connectivity index (χ0v) is 17.3. The first-order chi connectivity index (χ1) is 14.1. The average Bonchev–Trinajstić information content (AvgIpc) is 2.74. The van der Waals surface area contributed by atoms with Crippen LogP contribution < -0.4 is 10.5 Å². The molecule has 0 saturated carbocycles. The van der Waals surface area contributed by atoms with Crippen LogP contribution in [0.3, 0.4) is 0 Å². The van der Waals surface area contributed by atoms with Crippen LogP contribution in [0.2, 0.25) is 0 Å². The number of benzene rings is 1. The Hall–Kier alpha value is -2.67. The summed E-state index contributed by atoms with van der Waals surface area (Å²) in [6.07, 6.45) is 1.59. The molecule has 2 heterocycles. The lowest BCUT2D eigenvalue weighted by Gasteiger charge is -2.27. The van der Waals surface area contributed by atoms with E-state index in [2.05, 4.69) is 16.9 Å². The van der Waals surface area contributed by atoms with Crippen LogP contribution in [-0.2, 0) is 22.5 Å². The summed E-state index contributed by atoms with van der Waals surface area (Å²) >= 11 is 0. The second-order valence-corrected chi connectivity index (χ2v) is 7.35. The summed E-state index contributed by atoms with van der Waals surface area (Å²) in [5.74, 6) is 0.648. The number of ether oxygens (including phenoxy) is 1. The lowest BCUT2D eigenvalue weighted by molar-refractivity contribution is -0.131. The van der Waals surface area contributed by atoms with Crippen LogP contribution in [0.4, 0.5) is 5.95 Å². The number of aromatic nitrogens is 2. The summed E-state index contributed by atoms with van der Waals surface area (Å²) in [4.78, 5) is 36.8. The van der Waals surface area contributed by atoms with Gasteiger partial charge in [0.15, 0.2) is 0 Å². The van der Waals surface area contributed by atoms with Gasteiger partial charge < -0.3 is 14.5 Å². The second-order valence-electron chi connectivity index (χ2n) is 7.35. The molecule has 7 heteroatoms. The lowest BCUT2D eigenvalue weighted by Crippen LogP contribution is -2.38. The van der Waals surface area contributed by atoms with E-state index in [0.29, 0.717) is 69.4 Å². The fourth-order valence-electron chi connectivity index (χ4n) is 3.57. The Morgan fingerprint density at radius 3 is 2.62 bits per heavy atom. The van der Waals surface area contributed by atoms with E-state index >= 15 is 0 Å². The normalized spacial score (nSPS) is 14.1. The number of hydrogen-bond acceptors (Lipinski definition) is 5. The molecule has 1 aliphatic rings. The number of H-pyrrole nitrogens is 1. The van der Waals surface area contributed by atoms with Crippen molar-refractivity contribution in [2.75, 3.05) is 37.7 Å². The van der Waals surface area contributed by atoms with Crippen LogP contribution in [0.1, 0.15) is 36.6 Å². The van der Waals surface area contributed by atoms with Crippen LogP contribution in [0.15, 0.2) is 35.1 Å². The largest absolute Gasteiger partial charge is 0.378 e. The van der Waals surface area contributed by atoms with E-state index in [1.807, 2.05) is 47.1 Å². The van der Waals surface area contributed by atoms with E-state index in [1.54, 1.807) is 0 Å². The molecule has 1 aliphatic heterocycles. The summed E-state index contributed by atoms with van der Waals surface area (Å²) < 4.78 is 5.35. The van der Waals surface area contributed by atoms with E-state index in [9.17, 15) is 9.59 Å². The second kappa shape index (κ2) is 10.2.